The lowest BCUT2D eigenvalue weighted by Crippen LogP contribution is -2.16. The van der Waals surface area contributed by atoms with E-state index in [1.165, 1.54) is 12.1 Å². The van der Waals surface area contributed by atoms with E-state index in [-0.39, 0.29) is 5.82 Å². The highest BCUT2D eigenvalue weighted by molar-refractivity contribution is 5.62. The summed E-state index contributed by atoms with van der Waals surface area (Å²) in [5.74, 6) is -0.229. The van der Waals surface area contributed by atoms with Gasteiger partial charge in [0, 0.05) is 30.7 Å². The van der Waals surface area contributed by atoms with Gasteiger partial charge in [0.15, 0.2) is 0 Å². The first kappa shape index (κ1) is 12.5. The Morgan fingerprint density at radius 3 is 2.50 bits per heavy atom. The molecule has 1 aromatic carbocycles. The highest BCUT2D eigenvalue weighted by Gasteiger charge is 2.08. The van der Waals surface area contributed by atoms with Crippen molar-refractivity contribution in [1.82, 2.24) is 4.98 Å². The molecule has 94 valence electrons. The van der Waals surface area contributed by atoms with Gasteiger partial charge in [0.25, 0.3) is 0 Å². The number of rotatable bonds is 4. The topological polar surface area (TPSA) is 42.2 Å². The Hall–Kier alpha value is -1.94. The zero-order valence-corrected chi connectivity index (χ0v) is 10.3. The summed E-state index contributed by atoms with van der Waals surface area (Å²) in [6.45, 7) is 3.25. The van der Waals surface area contributed by atoms with Gasteiger partial charge < -0.3 is 10.6 Å². The van der Waals surface area contributed by atoms with Crippen LogP contribution >= 0.6 is 0 Å². The highest BCUT2D eigenvalue weighted by atomic mass is 19.1. The molecule has 0 unspecified atom stereocenters. The van der Waals surface area contributed by atoms with Crippen molar-refractivity contribution in [3.63, 3.8) is 0 Å². The van der Waals surface area contributed by atoms with Gasteiger partial charge in [0.1, 0.15) is 5.82 Å². The summed E-state index contributed by atoms with van der Waals surface area (Å²) in [6.07, 6.45) is 1.74. The third-order valence-electron chi connectivity index (χ3n) is 2.78. The number of anilines is 2. The van der Waals surface area contributed by atoms with Crippen LogP contribution < -0.4 is 10.6 Å². The highest BCUT2D eigenvalue weighted by Crippen LogP contribution is 2.25. The smallest absolute Gasteiger partial charge is 0.123 e. The van der Waals surface area contributed by atoms with Crippen molar-refractivity contribution in [2.75, 3.05) is 11.4 Å². The molecular weight excluding hydrogens is 229 g/mol. The number of nitrogens with two attached hydrogens (primary N) is 1. The van der Waals surface area contributed by atoms with Crippen LogP contribution in [0.4, 0.5) is 15.8 Å². The first-order valence-corrected chi connectivity index (χ1v) is 5.92. The van der Waals surface area contributed by atoms with E-state index in [0.717, 1.165) is 23.6 Å². The number of hydrogen-bond acceptors (Lipinski definition) is 3. The van der Waals surface area contributed by atoms with Gasteiger partial charge in [-0.3, -0.25) is 4.98 Å². The number of benzene rings is 1. The molecule has 1 heterocycles. The molecule has 0 aliphatic rings. The molecule has 0 atom stereocenters. The molecule has 0 spiro atoms. The summed E-state index contributed by atoms with van der Waals surface area (Å²) in [6, 6.07) is 10.3. The second kappa shape index (κ2) is 5.60. The first-order valence-electron chi connectivity index (χ1n) is 5.92. The molecule has 3 nitrogen and oxygen atoms in total. The van der Waals surface area contributed by atoms with Crippen molar-refractivity contribution in [3.8, 4) is 0 Å². The van der Waals surface area contributed by atoms with E-state index in [1.807, 2.05) is 19.1 Å². The lowest BCUT2D eigenvalue weighted by Gasteiger charge is -2.23. The number of pyridine rings is 1. The van der Waals surface area contributed by atoms with E-state index in [0.29, 0.717) is 6.54 Å². The predicted molar refractivity (Wildman–Crippen MR) is 71.2 cm³/mol. The van der Waals surface area contributed by atoms with E-state index >= 15 is 0 Å². The van der Waals surface area contributed by atoms with Gasteiger partial charge in [-0.2, -0.15) is 0 Å². The van der Waals surface area contributed by atoms with Gasteiger partial charge in [0.2, 0.25) is 0 Å². The number of nitrogens with zero attached hydrogens (tertiary/aromatic N) is 2. The maximum atomic E-state index is 12.9. The summed E-state index contributed by atoms with van der Waals surface area (Å²) in [5.41, 5.74) is 8.39. The molecule has 4 heteroatoms. The summed E-state index contributed by atoms with van der Waals surface area (Å²) < 4.78 is 12.9. The zero-order valence-electron chi connectivity index (χ0n) is 10.3. The Bertz CT molecular complexity index is 511. The minimum atomic E-state index is -0.229. The second-order valence-electron chi connectivity index (χ2n) is 3.93. The Morgan fingerprint density at radius 2 is 1.89 bits per heavy atom. The van der Waals surface area contributed by atoms with Gasteiger partial charge in [-0.05, 0) is 43.3 Å². The second-order valence-corrected chi connectivity index (χ2v) is 3.93. The third-order valence-corrected chi connectivity index (χ3v) is 2.78. The maximum Gasteiger partial charge on any atom is 0.123 e. The summed E-state index contributed by atoms with van der Waals surface area (Å²) in [7, 11) is 0. The van der Waals surface area contributed by atoms with E-state index in [2.05, 4.69) is 9.88 Å². The van der Waals surface area contributed by atoms with Crippen LogP contribution in [0.3, 0.4) is 0 Å². The largest absolute Gasteiger partial charge is 0.342 e. The van der Waals surface area contributed by atoms with Crippen molar-refractivity contribution in [2.45, 2.75) is 13.5 Å². The van der Waals surface area contributed by atoms with Gasteiger partial charge in [-0.25, -0.2) is 4.39 Å². The van der Waals surface area contributed by atoms with E-state index in [9.17, 15) is 4.39 Å². The molecule has 0 fully saturated rings. The summed E-state index contributed by atoms with van der Waals surface area (Å²) in [5, 5.41) is 0. The molecule has 0 radical (unpaired) electrons. The molecule has 0 bridgehead atoms. The average molecular weight is 245 g/mol. The average Bonchev–Trinajstić information content (AvgIpc) is 2.42. The fraction of sp³-hybridized carbons (Fsp3) is 0.214. The fourth-order valence-electron chi connectivity index (χ4n) is 1.88. The lowest BCUT2D eigenvalue weighted by molar-refractivity contribution is 0.628. The normalized spacial score (nSPS) is 10.4. The standard InChI is InChI=1S/C14H16FN3/c1-2-18(13-5-3-11(15)4-6-13)14-7-8-17-12(9-14)10-16/h3-9H,2,10,16H2,1H3. The third kappa shape index (κ3) is 2.65. The molecule has 0 aliphatic carbocycles. The van der Waals surface area contributed by atoms with Gasteiger partial charge in [0.05, 0.1) is 5.69 Å². The molecule has 1 aromatic heterocycles. The minimum absolute atomic E-state index is 0.229. The Labute approximate surface area is 106 Å². The van der Waals surface area contributed by atoms with Crippen LogP contribution in [0.15, 0.2) is 42.6 Å². The maximum absolute atomic E-state index is 12.9. The van der Waals surface area contributed by atoms with Crippen LogP contribution in [0.1, 0.15) is 12.6 Å². The molecule has 0 amide bonds. The van der Waals surface area contributed by atoms with E-state index in [1.54, 1.807) is 18.3 Å². The molecule has 2 N–H and O–H groups in total. The van der Waals surface area contributed by atoms with Crippen LogP contribution in [0, 0.1) is 5.82 Å². The number of halogens is 1. The van der Waals surface area contributed by atoms with Crippen LogP contribution in [0.25, 0.3) is 0 Å². The number of aromatic nitrogens is 1. The molecule has 18 heavy (non-hydrogen) atoms. The molecule has 2 rings (SSSR count). The van der Waals surface area contributed by atoms with Crippen LogP contribution in [-0.2, 0) is 6.54 Å². The zero-order chi connectivity index (χ0) is 13.0. The Kier molecular flexibility index (Phi) is 3.89. The monoisotopic (exact) mass is 245 g/mol. The van der Waals surface area contributed by atoms with E-state index < -0.39 is 0 Å². The Balaban J connectivity index is 2.35. The quantitative estimate of drug-likeness (QED) is 0.900. The lowest BCUT2D eigenvalue weighted by atomic mass is 10.2. The number of hydrogen-bond donors (Lipinski definition) is 1. The van der Waals surface area contributed by atoms with Gasteiger partial charge >= 0.3 is 0 Å². The van der Waals surface area contributed by atoms with Crippen LogP contribution in [-0.4, -0.2) is 11.5 Å². The Morgan fingerprint density at radius 1 is 1.17 bits per heavy atom. The van der Waals surface area contributed by atoms with Crippen molar-refractivity contribution in [1.29, 1.82) is 0 Å². The van der Waals surface area contributed by atoms with Crippen molar-refractivity contribution >= 4 is 11.4 Å². The predicted octanol–water partition coefficient (Wildman–Crippen LogP) is 2.84. The SMILES string of the molecule is CCN(c1ccc(F)cc1)c1ccnc(CN)c1. The molecule has 2 aromatic rings. The van der Waals surface area contributed by atoms with Gasteiger partial charge in [-0.1, -0.05) is 0 Å². The molecule has 0 aliphatic heterocycles. The summed E-state index contributed by atoms with van der Waals surface area (Å²) in [4.78, 5) is 6.25. The van der Waals surface area contributed by atoms with E-state index in [4.69, 9.17) is 5.73 Å². The first-order chi connectivity index (χ1) is 8.74. The van der Waals surface area contributed by atoms with Crippen molar-refractivity contribution in [3.05, 3.63) is 54.1 Å². The fourth-order valence-corrected chi connectivity index (χ4v) is 1.88. The van der Waals surface area contributed by atoms with Crippen LogP contribution in [0.5, 0.6) is 0 Å². The molecule has 0 saturated heterocycles. The van der Waals surface area contributed by atoms with Crippen molar-refractivity contribution < 1.29 is 4.39 Å². The summed E-state index contributed by atoms with van der Waals surface area (Å²) >= 11 is 0. The van der Waals surface area contributed by atoms with Crippen LogP contribution in [0.2, 0.25) is 0 Å². The minimum Gasteiger partial charge on any atom is -0.342 e. The van der Waals surface area contributed by atoms with Crippen molar-refractivity contribution in [2.24, 2.45) is 5.73 Å². The van der Waals surface area contributed by atoms with Gasteiger partial charge in [-0.15, -0.1) is 0 Å². The molecule has 0 saturated carbocycles. The molecular formula is C14H16FN3.